The van der Waals surface area contributed by atoms with Crippen molar-refractivity contribution in [1.29, 1.82) is 0 Å². The van der Waals surface area contributed by atoms with Crippen LogP contribution in [0.4, 0.5) is 0 Å². The van der Waals surface area contributed by atoms with Gasteiger partial charge in [0.1, 0.15) is 17.5 Å². The van der Waals surface area contributed by atoms with Gasteiger partial charge in [-0.15, -0.1) is 0 Å². The van der Waals surface area contributed by atoms with Gasteiger partial charge < -0.3 is 19.7 Å². The Hall–Kier alpha value is -3.02. The van der Waals surface area contributed by atoms with E-state index in [-0.39, 0.29) is 11.8 Å². The molecule has 0 aliphatic carbocycles. The maximum absolute atomic E-state index is 13.0. The Bertz CT molecular complexity index is 836. The number of rotatable bonds is 12. The van der Waals surface area contributed by atoms with Gasteiger partial charge in [-0.25, -0.2) is 0 Å². The van der Waals surface area contributed by atoms with E-state index in [0.717, 1.165) is 29.0 Å². The van der Waals surface area contributed by atoms with Crippen molar-refractivity contribution in [2.75, 3.05) is 20.3 Å². The normalized spacial score (nSPS) is 11.5. The maximum Gasteiger partial charge on any atom is 0.242 e. The van der Waals surface area contributed by atoms with E-state index in [1.165, 1.54) is 0 Å². The Labute approximate surface area is 185 Å². The fourth-order valence-electron chi connectivity index (χ4n) is 3.21. The highest BCUT2D eigenvalue weighted by molar-refractivity contribution is 5.87. The third kappa shape index (κ3) is 7.96. The molecule has 0 saturated heterocycles. The van der Waals surface area contributed by atoms with Gasteiger partial charge in [0.15, 0.2) is 0 Å². The molecule has 0 heterocycles. The molecule has 6 nitrogen and oxygen atoms in total. The van der Waals surface area contributed by atoms with Crippen LogP contribution in [0.3, 0.4) is 0 Å². The lowest BCUT2D eigenvalue weighted by Crippen LogP contribution is -2.47. The van der Waals surface area contributed by atoms with Crippen LogP contribution in [0.25, 0.3) is 0 Å². The van der Waals surface area contributed by atoms with Gasteiger partial charge in [-0.3, -0.25) is 9.59 Å². The smallest absolute Gasteiger partial charge is 0.242 e. The summed E-state index contributed by atoms with van der Waals surface area (Å²) < 4.78 is 10.9. The molecular weight excluding hydrogens is 392 g/mol. The number of carbonyl (C=O) groups excluding carboxylic acids is 2. The van der Waals surface area contributed by atoms with Crippen LogP contribution in [0.1, 0.15) is 44.2 Å². The molecule has 0 bridgehead atoms. The van der Waals surface area contributed by atoms with Gasteiger partial charge in [-0.1, -0.05) is 36.8 Å². The van der Waals surface area contributed by atoms with Crippen LogP contribution in [-0.4, -0.2) is 43.0 Å². The molecular formula is C25H34N2O4. The van der Waals surface area contributed by atoms with Crippen molar-refractivity contribution in [3.63, 3.8) is 0 Å². The van der Waals surface area contributed by atoms with Crippen molar-refractivity contribution in [1.82, 2.24) is 10.2 Å². The molecule has 0 unspecified atom stereocenters. The first-order chi connectivity index (χ1) is 14.9. The summed E-state index contributed by atoms with van der Waals surface area (Å²) in [5, 5.41) is 2.89. The minimum absolute atomic E-state index is 0.0565. The molecule has 2 amide bonds. The molecule has 0 aliphatic rings. The molecule has 31 heavy (non-hydrogen) atoms. The fraction of sp³-hybridized carbons (Fsp3) is 0.440. The summed E-state index contributed by atoms with van der Waals surface area (Å²) in [5.74, 6) is 1.32. The lowest BCUT2D eigenvalue weighted by atomic mass is 10.1. The largest absolute Gasteiger partial charge is 0.497 e. The third-order valence-electron chi connectivity index (χ3n) is 5.02. The first-order valence-corrected chi connectivity index (χ1v) is 10.8. The molecule has 2 aromatic rings. The van der Waals surface area contributed by atoms with Crippen LogP contribution in [0.15, 0.2) is 48.5 Å². The second-order valence-electron chi connectivity index (χ2n) is 7.61. The highest BCUT2D eigenvalue weighted by Gasteiger charge is 2.25. The highest BCUT2D eigenvalue weighted by Crippen LogP contribution is 2.18. The topological polar surface area (TPSA) is 67.9 Å². The summed E-state index contributed by atoms with van der Waals surface area (Å²) >= 11 is 0. The first-order valence-electron chi connectivity index (χ1n) is 10.8. The zero-order chi connectivity index (χ0) is 22.6. The molecule has 0 saturated carbocycles. The van der Waals surface area contributed by atoms with Crippen LogP contribution >= 0.6 is 0 Å². The van der Waals surface area contributed by atoms with Crippen molar-refractivity contribution in [2.24, 2.45) is 0 Å². The summed E-state index contributed by atoms with van der Waals surface area (Å²) in [4.78, 5) is 27.2. The first kappa shape index (κ1) is 24.3. The zero-order valence-electron chi connectivity index (χ0n) is 19.0. The number of benzene rings is 2. The average Bonchev–Trinajstić information content (AvgIpc) is 2.78. The number of aryl methyl sites for hydroxylation is 1. The van der Waals surface area contributed by atoms with Gasteiger partial charge in [0.05, 0.1) is 13.7 Å². The maximum atomic E-state index is 13.0. The number of hydrogen-bond donors (Lipinski definition) is 1. The van der Waals surface area contributed by atoms with Crippen LogP contribution in [-0.2, 0) is 16.1 Å². The second kappa shape index (κ2) is 12.6. The van der Waals surface area contributed by atoms with Crippen LogP contribution in [0.2, 0.25) is 0 Å². The van der Waals surface area contributed by atoms with Gasteiger partial charge in [-0.2, -0.15) is 0 Å². The second-order valence-corrected chi connectivity index (χ2v) is 7.61. The summed E-state index contributed by atoms with van der Waals surface area (Å²) in [5.41, 5.74) is 2.14. The predicted molar refractivity (Wildman–Crippen MR) is 122 cm³/mol. The number of carbonyl (C=O) groups is 2. The SMILES string of the molecule is CCCNC(=O)[C@H](C)N(Cc1cccc(C)c1)C(=O)CCCOc1ccc(OC)cc1. The van der Waals surface area contributed by atoms with E-state index in [1.807, 2.05) is 62.4 Å². The minimum Gasteiger partial charge on any atom is -0.497 e. The Kier molecular flexibility index (Phi) is 9.88. The molecule has 1 atom stereocenters. The van der Waals surface area contributed by atoms with E-state index >= 15 is 0 Å². The standard InChI is InChI=1S/C25H34N2O4/c1-5-15-26-25(29)20(3)27(18-21-9-6-8-19(2)17-21)24(28)10-7-16-31-23-13-11-22(30-4)12-14-23/h6,8-9,11-14,17,20H,5,7,10,15-16,18H2,1-4H3,(H,26,29)/t20-/m0/s1. The Balaban J connectivity index is 1.96. The lowest BCUT2D eigenvalue weighted by Gasteiger charge is -2.29. The molecule has 0 spiro atoms. The van der Waals surface area contributed by atoms with Crippen LogP contribution < -0.4 is 14.8 Å². The van der Waals surface area contributed by atoms with E-state index < -0.39 is 6.04 Å². The zero-order valence-corrected chi connectivity index (χ0v) is 19.0. The molecule has 0 aromatic heterocycles. The van der Waals surface area contributed by atoms with Crippen LogP contribution in [0.5, 0.6) is 11.5 Å². The van der Waals surface area contributed by atoms with Gasteiger partial charge in [0, 0.05) is 19.5 Å². The molecule has 6 heteroatoms. The lowest BCUT2D eigenvalue weighted by molar-refractivity contribution is -0.140. The number of nitrogens with one attached hydrogen (secondary N) is 1. The monoisotopic (exact) mass is 426 g/mol. The van der Waals surface area contributed by atoms with E-state index in [9.17, 15) is 9.59 Å². The summed E-state index contributed by atoms with van der Waals surface area (Å²) in [7, 11) is 1.62. The number of hydrogen-bond acceptors (Lipinski definition) is 4. The average molecular weight is 427 g/mol. The minimum atomic E-state index is -0.540. The Morgan fingerprint density at radius 3 is 2.45 bits per heavy atom. The molecule has 168 valence electrons. The number of methoxy groups -OCH3 is 1. The Morgan fingerprint density at radius 1 is 1.10 bits per heavy atom. The van der Waals surface area contributed by atoms with E-state index in [2.05, 4.69) is 5.32 Å². The third-order valence-corrected chi connectivity index (χ3v) is 5.02. The predicted octanol–water partition coefficient (Wildman–Crippen LogP) is 4.11. The molecule has 2 aromatic carbocycles. The van der Waals surface area contributed by atoms with E-state index in [4.69, 9.17) is 9.47 Å². The summed E-state index contributed by atoms with van der Waals surface area (Å²) in [6, 6.07) is 14.8. The number of amides is 2. The van der Waals surface area contributed by atoms with Crippen molar-refractivity contribution < 1.29 is 19.1 Å². The van der Waals surface area contributed by atoms with Crippen molar-refractivity contribution in [2.45, 2.75) is 52.6 Å². The van der Waals surface area contributed by atoms with Gasteiger partial charge in [0.2, 0.25) is 11.8 Å². The quantitative estimate of drug-likeness (QED) is 0.519. The molecule has 1 N–H and O–H groups in total. The molecule has 2 rings (SSSR count). The summed E-state index contributed by atoms with van der Waals surface area (Å²) in [6.45, 7) is 7.23. The van der Waals surface area contributed by atoms with Gasteiger partial charge in [0.25, 0.3) is 0 Å². The van der Waals surface area contributed by atoms with E-state index in [0.29, 0.717) is 32.5 Å². The number of ether oxygens (including phenoxy) is 2. The van der Waals surface area contributed by atoms with Gasteiger partial charge in [-0.05, 0) is 56.5 Å². The molecule has 0 aliphatic heterocycles. The molecule has 0 fully saturated rings. The molecule has 0 radical (unpaired) electrons. The van der Waals surface area contributed by atoms with Crippen LogP contribution in [0, 0.1) is 6.92 Å². The Morgan fingerprint density at radius 2 is 1.81 bits per heavy atom. The van der Waals surface area contributed by atoms with Crippen molar-refractivity contribution in [3.8, 4) is 11.5 Å². The van der Waals surface area contributed by atoms with E-state index in [1.54, 1.807) is 18.9 Å². The van der Waals surface area contributed by atoms with Crippen molar-refractivity contribution in [3.05, 3.63) is 59.7 Å². The van der Waals surface area contributed by atoms with Gasteiger partial charge >= 0.3 is 0 Å². The fourth-order valence-corrected chi connectivity index (χ4v) is 3.21. The summed E-state index contributed by atoms with van der Waals surface area (Å²) in [6.07, 6.45) is 1.73. The van der Waals surface area contributed by atoms with Crippen molar-refractivity contribution >= 4 is 11.8 Å². The highest BCUT2D eigenvalue weighted by atomic mass is 16.5. The number of nitrogens with zero attached hydrogens (tertiary/aromatic N) is 1.